The van der Waals surface area contributed by atoms with E-state index in [0.717, 1.165) is 25.1 Å². The van der Waals surface area contributed by atoms with Crippen molar-refractivity contribution in [1.29, 1.82) is 0 Å². The number of carbonyl (C=O) groups excluding carboxylic acids is 1. The molecule has 0 bridgehead atoms. The minimum absolute atomic E-state index is 0.0923. The summed E-state index contributed by atoms with van der Waals surface area (Å²) in [6.07, 6.45) is 3.67. The molecule has 1 aromatic heterocycles. The molecular formula is C22H41N3O5. The number of rotatable bonds is 16. The molecule has 0 N–H and O–H groups in total. The van der Waals surface area contributed by atoms with Crippen LogP contribution in [0.5, 0.6) is 0 Å². The fourth-order valence-electron chi connectivity index (χ4n) is 2.20. The molecular weight excluding hydrogens is 386 g/mol. The van der Waals surface area contributed by atoms with Crippen molar-refractivity contribution >= 4 is 5.78 Å². The molecule has 0 saturated heterocycles. The van der Waals surface area contributed by atoms with Crippen LogP contribution in [0.1, 0.15) is 53.7 Å². The summed E-state index contributed by atoms with van der Waals surface area (Å²) in [6.45, 7) is 17.0. The van der Waals surface area contributed by atoms with Gasteiger partial charge in [-0.05, 0) is 11.8 Å². The Hall–Kier alpha value is -1.35. The van der Waals surface area contributed by atoms with Crippen molar-refractivity contribution in [3.8, 4) is 0 Å². The normalized spacial score (nSPS) is 12.5. The monoisotopic (exact) mass is 427 g/mol. The Morgan fingerprint density at radius 3 is 2.10 bits per heavy atom. The minimum atomic E-state index is -0.365. The van der Waals surface area contributed by atoms with Crippen molar-refractivity contribution < 1.29 is 23.7 Å². The van der Waals surface area contributed by atoms with Crippen molar-refractivity contribution in [2.45, 2.75) is 60.9 Å². The summed E-state index contributed by atoms with van der Waals surface area (Å²) in [6, 6.07) is 0. The summed E-state index contributed by atoms with van der Waals surface area (Å²) >= 11 is 0. The molecule has 0 radical (unpaired) electrons. The van der Waals surface area contributed by atoms with Gasteiger partial charge in [-0.25, -0.2) is 4.68 Å². The molecule has 0 fully saturated rings. The second kappa shape index (κ2) is 13.9. The average molecular weight is 428 g/mol. The van der Waals surface area contributed by atoms with Gasteiger partial charge in [-0.15, -0.1) is 5.10 Å². The highest BCUT2D eigenvalue weighted by atomic mass is 16.5. The predicted molar refractivity (Wildman–Crippen MR) is 116 cm³/mol. The van der Waals surface area contributed by atoms with E-state index >= 15 is 0 Å². The second-order valence-electron chi connectivity index (χ2n) is 9.60. The van der Waals surface area contributed by atoms with Crippen LogP contribution in [0.25, 0.3) is 0 Å². The van der Waals surface area contributed by atoms with Crippen LogP contribution >= 0.6 is 0 Å². The molecule has 0 spiro atoms. The van der Waals surface area contributed by atoms with Crippen molar-refractivity contribution in [2.24, 2.45) is 10.8 Å². The lowest BCUT2D eigenvalue weighted by molar-refractivity contribution is -0.131. The maximum absolute atomic E-state index is 11.7. The fourth-order valence-corrected chi connectivity index (χ4v) is 2.20. The molecule has 0 saturated carbocycles. The molecule has 8 heteroatoms. The third-order valence-corrected chi connectivity index (χ3v) is 4.36. The lowest BCUT2D eigenvalue weighted by atomic mass is 9.91. The van der Waals surface area contributed by atoms with Crippen LogP contribution in [0, 0.1) is 10.8 Å². The molecule has 1 heterocycles. The van der Waals surface area contributed by atoms with Gasteiger partial charge in [0.1, 0.15) is 6.61 Å². The first kappa shape index (κ1) is 26.7. The Kier molecular flexibility index (Phi) is 12.3. The zero-order valence-electron chi connectivity index (χ0n) is 19.7. The van der Waals surface area contributed by atoms with Gasteiger partial charge in [0.2, 0.25) is 0 Å². The van der Waals surface area contributed by atoms with Gasteiger partial charge in [0.25, 0.3) is 0 Å². The number of aromatic nitrogens is 3. The van der Waals surface area contributed by atoms with E-state index in [4.69, 9.17) is 18.9 Å². The predicted octanol–water partition coefficient (Wildman–Crippen LogP) is 2.94. The van der Waals surface area contributed by atoms with E-state index < -0.39 is 0 Å². The van der Waals surface area contributed by atoms with E-state index in [2.05, 4.69) is 31.1 Å². The maximum atomic E-state index is 11.7. The van der Waals surface area contributed by atoms with E-state index in [9.17, 15) is 4.79 Å². The standard InChI is InChI=1S/C22H41N3O5/c1-21(2,3)8-11-28-14-13-27-10-7-19-17-25(24-23-19)9-12-29-15-16-30-18-20(26)22(4,5)6/h17H,7-16,18H2,1-6H3. The molecule has 174 valence electrons. The average Bonchev–Trinajstić information content (AvgIpc) is 3.09. The summed E-state index contributed by atoms with van der Waals surface area (Å²) in [5, 5.41) is 8.24. The third kappa shape index (κ3) is 13.8. The number of nitrogens with zero attached hydrogens (tertiary/aromatic N) is 3. The number of hydrogen-bond donors (Lipinski definition) is 0. The minimum Gasteiger partial charge on any atom is -0.379 e. The number of ketones is 1. The van der Waals surface area contributed by atoms with E-state index in [0.29, 0.717) is 51.6 Å². The third-order valence-electron chi connectivity index (χ3n) is 4.36. The van der Waals surface area contributed by atoms with Crippen molar-refractivity contribution in [1.82, 2.24) is 15.0 Å². The first-order valence-corrected chi connectivity index (χ1v) is 10.8. The maximum Gasteiger partial charge on any atom is 0.163 e. The van der Waals surface area contributed by atoms with Crippen LogP contribution in [0.4, 0.5) is 0 Å². The van der Waals surface area contributed by atoms with Gasteiger partial charge in [-0.2, -0.15) is 0 Å². The fraction of sp³-hybridized carbons (Fsp3) is 0.864. The lowest BCUT2D eigenvalue weighted by Gasteiger charge is -2.17. The largest absolute Gasteiger partial charge is 0.379 e. The topological polar surface area (TPSA) is 84.7 Å². The number of hydrogen-bond acceptors (Lipinski definition) is 7. The molecule has 8 nitrogen and oxygen atoms in total. The molecule has 0 amide bonds. The zero-order chi connectivity index (χ0) is 22.5. The number of Topliss-reactive ketones (excluding diaryl/α,β-unsaturated/α-hetero) is 1. The number of ether oxygens (including phenoxy) is 4. The Labute approximate surface area is 181 Å². The van der Waals surface area contributed by atoms with Crippen LogP contribution in [0.2, 0.25) is 0 Å². The summed E-state index contributed by atoms with van der Waals surface area (Å²) in [5.74, 6) is 0.0923. The Balaban J connectivity index is 1.99. The van der Waals surface area contributed by atoms with Gasteiger partial charge < -0.3 is 18.9 Å². The summed E-state index contributed by atoms with van der Waals surface area (Å²) < 4.78 is 23.8. The summed E-state index contributed by atoms with van der Waals surface area (Å²) in [4.78, 5) is 11.7. The van der Waals surface area contributed by atoms with Crippen LogP contribution in [0.15, 0.2) is 6.20 Å². The molecule has 1 rings (SSSR count). The van der Waals surface area contributed by atoms with Gasteiger partial charge in [0.15, 0.2) is 5.78 Å². The van der Waals surface area contributed by atoms with Gasteiger partial charge in [0, 0.05) is 24.6 Å². The Morgan fingerprint density at radius 1 is 0.867 bits per heavy atom. The first-order valence-electron chi connectivity index (χ1n) is 10.8. The summed E-state index contributed by atoms with van der Waals surface area (Å²) in [7, 11) is 0. The van der Waals surface area contributed by atoms with Gasteiger partial charge in [-0.3, -0.25) is 4.79 Å². The zero-order valence-corrected chi connectivity index (χ0v) is 19.7. The first-order chi connectivity index (χ1) is 14.1. The smallest absolute Gasteiger partial charge is 0.163 e. The van der Waals surface area contributed by atoms with Crippen LogP contribution in [0.3, 0.4) is 0 Å². The lowest BCUT2D eigenvalue weighted by Crippen LogP contribution is -2.25. The Bertz CT molecular complexity index is 590. The molecule has 0 aliphatic carbocycles. The van der Waals surface area contributed by atoms with E-state index in [1.54, 1.807) is 4.68 Å². The highest BCUT2D eigenvalue weighted by Gasteiger charge is 2.20. The van der Waals surface area contributed by atoms with E-state index in [-0.39, 0.29) is 17.8 Å². The molecule has 0 atom stereocenters. The molecule has 30 heavy (non-hydrogen) atoms. The van der Waals surface area contributed by atoms with Crippen molar-refractivity contribution in [2.75, 3.05) is 52.9 Å². The van der Waals surface area contributed by atoms with Gasteiger partial charge in [0.05, 0.1) is 51.9 Å². The molecule has 1 aromatic rings. The van der Waals surface area contributed by atoms with Crippen LogP contribution < -0.4 is 0 Å². The van der Waals surface area contributed by atoms with E-state index in [1.165, 1.54) is 0 Å². The molecule has 0 aliphatic heterocycles. The number of carbonyl (C=O) groups is 1. The molecule has 0 aliphatic rings. The van der Waals surface area contributed by atoms with Crippen molar-refractivity contribution in [3.05, 3.63) is 11.9 Å². The highest BCUT2D eigenvalue weighted by Crippen LogP contribution is 2.17. The molecule has 0 unspecified atom stereocenters. The van der Waals surface area contributed by atoms with Gasteiger partial charge in [-0.1, -0.05) is 46.8 Å². The van der Waals surface area contributed by atoms with Crippen LogP contribution in [-0.4, -0.2) is 73.6 Å². The Morgan fingerprint density at radius 2 is 1.47 bits per heavy atom. The highest BCUT2D eigenvalue weighted by molar-refractivity contribution is 5.84. The quantitative estimate of drug-likeness (QED) is 0.375. The van der Waals surface area contributed by atoms with E-state index in [1.807, 2.05) is 27.0 Å². The summed E-state index contributed by atoms with van der Waals surface area (Å²) in [5.41, 5.74) is 0.835. The molecule has 0 aromatic carbocycles. The van der Waals surface area contributed by atoms with Gasteiger partial charge >= 0.3 is 0 Å². The van der Waals surface area contributed by atoms with Crippen molar-refractivity contribution in [3.63, 3.8) is 0 Å². The SMILES string of the molecule is CC(C)(C)CCOCCOCCc1cn(CCOCCOCC(=O)C(C)(C)C)nn1. The second-order valence-corrected chi connectivity index (χ2v) is 9.60. The van der Waals surface area contributed by atoms with Crippen LogP contribution in [-0.2, 0) is 36.7 Å².